The average Bonchev–Trinajstić information content (AvgIpc) is 3.04. The van der Waals surface area contributed by atoms with E-state index in [0.717, 1.165) is 13.1 Å². The van der Waals surface area contributed by atoms with Crippen molar-refractivity contribution in [3.63, 3.8) is 0 Å². The summed E-state index contributed by atoms with van der Waals surface area (Å²) in [5.41, 5.74) is 1.14. The number of amides is 1. The summed E-state index contributed by atoms with van der Waals surface area (Å²) in [7, 11) is 1.53. The molecule has 1 amide bonds. The van der Waals surface area contributed by atoms with Crippen molar-refractivity contribution in [1.82, 2.24) is 9.80 Å². The van der Waals surface area contributed by atoms with Gasteiger partial charge in [0, 0.05) is 23.7 Å². The Balaban J connectivity index is 2.11. The van der Waals surface area contributed by atoms with E-state index in [2.05, 4.69) is 18.7 Å². The highest BCUT2D eigenvalue weighted by molar-refractivity contribution is 6.46. The second kappa shape index (κ2) is 9.98. The van der Waals surface area contributed by atoms with Crippen molar-refractivity contribution in [1.29, 1.82) is 0 Å². The lowest BCUT2D eigenvalue weighted by Crippen LogP contribution is -2.38. The fourth-order valence-corrected chi connectivity index (χ4v) is 4.05. The number of halogens is 1. The van der Waals surface area contributed by atoms with Crippen molar-refractivity contribution in [2.75, 3.05) is 33.3 Å². The molecule has 3 rings (SSSR count). The minimum atomic E-state index is -0.722. The summed E-state index contributed by atoms with van der Waals surface area (Å²) >= 11 is 6.21. The first-order valence-electron chi connectivity index (χ1n) is 10.3. The number of likely N-dealkylation sites (N-methyl/N-ethyl adjacent to an activating group) is 1. The van der Waals surface area contributed by atoms with Crippen LogP contribution in [0.1, 0.15) is 31.0 Å². The highest BCUT2D eigenvalue weighted by atomic mass is 35.5. The first-order valence-corrected chi connectivity index (χ1v) is 10.7. The molecule has 1 saturated heterocycles. The zero-order valence-electron chi connectivity index (χ0n) is 18.0. The number of benzene rings is 2. The molecule has 7 heteroatoms. The van der Waals surface area contributed by atoms with Gasteiger partial charge in [0.1, 0.15) is 11.5 Å². The molecule has 2 aromatic rings. The van der Waals surface area contributed by atoms with Gasteiger partial charge in [-0.2, -0.15) is 0 Å². The van der Waals surface area contributed by atoms with Gasteiger partial charge in [0.25, 0.3) is 11.7 Å². The van der Waals surface area contributed by atoms with E-state index in [0.29, 0.717) is 35.0 Å². The Morgan fingerprint density at radius 2 is 1.84 bits per heavy atom. The molecule has 2 aromatic carbocycles. The smallest absolute Gasteiger partial charge is 0.295 e. The fourth-order valence-electron chi connectivity index (χ4n) is 3.85. The highest BCUT2D eigenvalue weighted by Crippen LogP contribution is 2.40. The number of ketones is 1. The van der Waals surface area contributed by atoms with E-state index in [9.17, 15) is 14.7 Å². The molecule has 1 fully saturated rings. The van der Waals surface area contributed by atoms with E-state index < -0.39 is 17.7 Å². The summed E-state index contributed by atoms with van der Waals surface area (Å²) in [6.07, 6.45) is 0. The van der Waals surface area contributed by atoms with Crippen LogP contribution in [-0.4, -0.2) is 59.9 Å². The monoisotopic (exact) mass is 442 g/mol. The quantitative estimate of drug-likeness (QED) is 0.378. The zero-order chi connectivity index (χ0) is 22.5. The molecular weight excluding hydrogens is 416 g/mol. The third kappa shape index (κ3) is 4.75. The van der Waals surface area contributed by atoms with Gasteiger partial charge >= 0.3 is 0 Å². The van der Waals surface area contributed by atoms with Gasteiger partial charge in [-0.05, 0) is 42.9 Å². The Bertz CT molecular complexity index is 1000. The molecule has 0 bridgehead atoms. The normalized spacial score (nSPS) is 18.1. The van der Waals surface area contributed by atoms with Gasteiger partial charge in [0.15, 0.2) is 0 Å². The first kappa shape index (κ1) is 22.8. The molecule has 1 heterocycles. The molecule has 0 aromatic heterocycles. The van der Waals surface area contributed by atoms with Crippen LogP contribution in [-0.2, 0) is 9.59 Å². The second-order valence-electron chi connectivity index (χ2n) is 7.31. The number of nitrogens with zero attached hydrogens (tertiary/aromatic N) is 2. The van der Waals surface area contributed by atoms with Crippen molar-refractivity contribution in [3.8, 4) is 5.75 Å². The van der Waals surface area contributed by atoms with Gasteiger partial charge in [0.2, 0.25) is 0 Å². The van der Waals surface area contributed by atoms with Crippen LogP contribution in [0.3, 0.4) is 0 Å². The van der Waals surface area contributed by atoms with Crippen LogP contribution in [0.4, 0.5) is 0 Å². The molecule has 0 radical (unpaired) electrons. The Morgan fingerprint density at radius 3 is 2.48 bits per heavy atom. The van der Waals surface area contributed by atoms with E-state index in [4.69, 9.17) is 16.3 Å². The number of rotatable bonds is 8. The molecule has 1 aliphatic rings. The van der Waals surface area contributed by atoms with Gasteiger partial charge in [0.05, 0.1) is 18.7 Å². The van der Waals surface area contributed by atoms with Crippen LogP contribution in [0.5, 0.6) is 5.75 Å². The number of carbonyl (C=O) groups excluding carboxylic acids is 2. The van der Waals surface area contributed by atoms with E-state index in [1.54, 1.807) is 42.5 Å². The summed E-state index contributed by atoms with van der Waals surface area (Å²) in [4.78, 5) is 29.7. The van der Waals surface area contributed by atoms with Crippen molar-refractivity contribution < 1.29 is 19.4 Å². The maximum atomic E-state index is 13.1. The zero-order valence-corrected chi connectivity index (χ0v) is 18.7. The van der Waals surface area contributed by atoms with Crippen LogP contribution >= 0.6 is 11.6 Å². The van der Waals surface area contributed by atoms with Gasteiger partial charge < -0.3 is 19.6 Å². The number of ether oxygens (including phenoxy) is 1. The molecule has 6 nitrogen and oxygen atoms in total. The van der Waals surface area contributed by atoms with Crippen LogP contribution in [0.25, 0.3) is 5.76 Å². The SMILES string of the molecule is CCN(CC)CCN1C(=O)C(=O)/C(=C(/O)c2cccc(OC)c2)C1c1cccc(Cl)c1. The lowest BCUT2D eigenvalue weighted by molar-refractivity contribution is -0.140. The Kier molecular flexibility index (Phi) is 7.36. The Labute approximate surface area is 187 Å². The third-order valence-electron chi connectivity index (χ3n) is 5.60. The predicted molar refractivity (Wildman–Crippen MR) is 121 cm³/mol. The van der Waals surface area contributed by atoms with Crippen LogP contribution in [0.2, 0.25) is 5.02 Å². The van der Waals surface area contributed by atoms with Crippen molar-refractivity contribution in [2.24, 2.45) is 0 Å². The molecule has 1 unspecified atom stereocenters. The van der Waals surface area contributed by atoms with Crippen LogP contribution < -0.4 is 4.74 Å². The van der Waals surface area contributed by atoms with E-state index in [1.807, 2.05) is 6.07 Å². The summed E-state index contributed by atoms with van der Waals surface area (Å²) in [5, 5.41) is 11.6. The standard InChI is InChI=1S/C24H27ClN2O4/c1-4-26(5-2)12-13-27-21(16-8-6-10-18(25)14-16)20(23(29)24(27)30)22(28)17-9-7-11-19(15-17)31-3/h6-11,14-15,21,28H,4-5,12-13H2,1-3H3/b22-20+. The second-order valence-corrected chi connectivity index (χ2v) is 7.74. The summed E-state index contributed by atoms with van der Waals surface area (Å²) in [5.74, 6) is -1.02. The number of methoxy groups -OCH3 is 1. The number of aliphatic hydroxyl groups excluding tert-OH is 1. The molecule has 31 heavy (non-hydrogen) atoms. The number of Topliss-reactive ketones (excluding diaryl/α,β-unsaturated/α-hetero) is 1. The minimum absolute atomic E-state index is 0.0556. The lowest BCUT2D eigenvalue weighted by Gasteiger charge is -2.28. The molecule has 1 aliphatic heterocycles. The molecular formula is C24H27ClN2O4. The molecule has 1 N–H and O–H groups in total. The van der Waals surface area contributed by atoms with Gasteiger partial charge in [-0.1, -0.05) is 49.7 Å². The maximum absolute atomic E-state index is 13.1. The Morgan fingerprint density at radius 1 is 1.13 bits per heavy atom. The van der Waals surface area contributed by atoms with Gasteiger partial charge in [-0.15, -0.1) is 0 Å². The summed E-state index contributed by atoms with van der Waals surface area (Å²) in [6.45, 7) is 6.76. The summed E-state index contributed by atoms with van der Waals surface area (Å²) in [6, 6.07) is 13.1. The largest absolute Gasteiger partial charge is 0.507 e. The topological polar surface area (TPSA) is 70.1 Å². The lowest BCUT2D eigenvalue weighted by atomic mass is 9.95. The van der Waals surface area contributed by atoms with Gasteiger partial charge in [-0.3, -0.25) is 9.59 Å². The number of aliphatic hydroxyl groups is 1. The molecule has 164 valence electrons. The highest BCUT2D eigenvalue weighted by Gasteiger charge is 2.46. The van der Waals surface area contributed by atoms with Crippen molar-refractivity contribution in [3.05, 3.63) is 70.3 Å². The number of likely N-dealkylation sites (tertiary alicyclic amines) is 1. The van der Waals surface area contributed by atoms with Crippen molar-refractivity contribution >= 4 is 29.1 Å². The summed E-state index contributed by atoms with van der Waals surface area (Å²) < 4.78 is 5.23. The number of carbonyl (C=O) groups is 2. The maximum Gasteiger partial charge on any atom is 0.295 e. The first-order chi connectivity index (χ1) is 14.9. The van der Waals surface area contributed by atoms with E-state index in [-0.39, 0.29) is 11.3 Å². The van der Waals surface area contributed by atoms with E-state index in [1.165, 1.54) is 12.0 Å². The third-order valence-corrected chi connectivity index (χ3v) is 5.83. The van der Waals surface area contributed by atoms with Crippen molar-refractivity contribution in [2.45, 2.75) is 19.9 Å². The number of hydrogen-bond acceptors (Lipinski definition) is 5. The Hall–Kier alpha value is -2.83. The minimum Gasteiger partial charge on any atom is -0.507 e. The average molecular weight is 443 g/mol. The van der Waals surface area contributed by atoms with Crippen LogP contribution in [0, 0.1) is 0 Å². The molecule has 1 atom stereocenters. The molecule has 0 aliphatic carbocycles. The molecule has 0 saturated carbocycles. The van der Waals surface area contributed by atoms with Crippen LogP contribution in [0.15, 0.2) is 54.1 Å². The van der Waals surface area contributed by atoms with Gasteiger partial charge in [-0.25, -0.2) is 0 Å². The van der Waals surface area contributed by atoms with E-state index >= 15 is 0 Å². The predicted octanol–water partition coefficient (Wildman–Crippen LogP) is 4.11. The molecule has 0 spiro atoms. The fraction of sp³-hybridized carbons (Fsp3) is 0.333. The number of hydrogen-bond donors (Lipinski definition) is 1.